The van der Waals surface area contributed by atoms with Crippen LogP contribution in [-0.4, -0.2) is 4.57 Å². The molecule has 0 radical (unpaired) electrons. The van der Waals surface area contributed by atoms with Crippen LogP contribution in [0, 0.1) is 0 Å². The fourth-order valence-corrected chi connectivity index (χ4v) is 9.34. The van der Waals surface area contributed by atoms with Crippen molar-refractivity contribution >= 4 is 71.6 Å². The topological polar surface area (TPSA) is 21.3 Å². The van der Waals surface area contributed by atoms with Gasteiger partial charge in [0.1, 0.15) is 11.2 Å². The number of hydrogen-bond donors (Lipinski definition) is 0. The van der Waals surface area contributed by atoms with E-state index in [1.165, 1.54) is 0 Å². The summed E-state index contributed by atoms with van der Waals surface area (Å²) in [5, 5.41) is 6.02. The SMILES string of the molecule is [2H]c1c([2H])c([2H])c(-c2c([2H])c([2H])c(-c3c([2H])c([2H])c(N(c4ccc(-c5ccccc5-n5c6ccccc6c6ccccc65)cc4)c4ccccc4-c4ccc5oc6c7ccccc7ccc6c5c4)c([2H])c3[2H])c([2H])c2[2H])c([2H])c1[2H]. The number of fused-ring (bicyclic) bond motifs is 8. The van der Waals surface area contributed by atoms with Gasteiger partial charge in [-0.25, -0.2) is 0 Å². The maximum Gasteiger partial charge on any atom is 0.143 e. The van der Waals surface area contributed by atoms with E-state index in [4.69, 9.17) is 14.0 Å². The fourth-order valence-electron chi connectivity index (χ4n) is 9.34. The summed E-state index contributed by atoms with van der Waals surface area (Å²) in [7, 11) is 0. The number of benzene rings is 11. The van der Waals surface area contributed by atoms with E-state index >= 15 is 0 Å². The van der Waals surface area contributed by atoms with Crippen LogP contribution in [0.2, 0.25) is 0 Å². The Labute approximate surface area is 406 Å². The molecule has 67 heavy (non-hydrogen) atoms. The maximum absolute atomic E-state index is 9.86. The highest BCUT2D eigenvalue weighted by molar-refractivity contribution is 6.16. The van der Waals surface area contributed by atoms with Gasteiger partial charge >= 0.3 is 0 Å². The first-order valence-electron chi connectivity index (χ1n) is 28.4. The molecule has 0 N–H and O–H groups in total. The molecule has 0 spiro atoms. The second-order valence-corrected chi connectivity index (χ2v) is 16.2. The van der Waals surface area contributed by atoms with Gasteiger partial charge in [0.05, 0.1) is 40.2 Å². The fraction of sp³-hybridized carbons (Fsp3) is 0. The third-order valence-corrected chi connectivity index (χ3v) is 12.4. The van der Waals surface area contributed by atoms with Gasteiger partial charge in [0.2, 0.25) is 0 Å². The minimum atomic E-state index is -0.786. The zero-order chi connectivity index (χ0) is 55.6. The zero-order valence-electron chi connectivity index (χ0n) is 48.5. The Hall–Kier alpha value is -8.92. The molecule has 0 aliphatic carbocycles. The van der Waals surface area contributed by atoms with Crippen LogP contribution in [-0.2, 0) is 0 Å². The first-order valence-corrected chi connectivity index (χ1v) is 21.9. The van der Waals surface area contributed by atoms with E-state index < -0.39 is 101 Å². The average Bonchev–Trinajstić information content (AvgIpc) is 4.20. The molecule has 13 aromatic rings. The number of nitrogens with zero attached hydrogens (tertiary/aromatic N) is 2. The Kier molecular flexibility index (Phi) is 6.53. The summed E-state index contributed by atoms with van der Waals surface area (Å²) in [6.45, 7) is 0. The molecule has 3 heteroatoms. The summed E-state index contributed by atoms with van der Waals surface area (Å²) in [4.78, 5) is 1.67. The van der Waals surface area contributed by atoms with Crippen LogP contribution < -0.4 is 4.90 Å². The second-order valence-electron chi connectivity index (χ2n) is 16.2. The van der Waals surface area contributed by atoms with Crippen molar-refractivity contribution in [2.75, 3.05) is 4.90 Å². The van der Waals surface area contributed by atoms with Crippen molar-refractivity contribution < 1.29 is 22.2 Å². The van der Waals surface area contributed by atoms with Crippen LogP contribution in [0.5, 0.6) is 0 Å². The number of aromatic nitrogens is 1. The molecule has 2 aromatic heterocycles. The van der Waals surface area contributed by atoms with E-state index in [0.717, 1.165) is 71.3 Å². The van der Waals surface area contributed by atoms with Crippen LogP contribution in [0.25, 0.3) is 105 Å². The first-order chi connectivity index (χ1) is 38.7. The predicted octanol–water partition coefficient (Wildman–Crippen LogP) is 18.0. The van der Waals surface area contributed by atoms with Crippen LogP contribution in [0.15, 0.2) is 259 Å². The third kappa shape index (κ3) is 6.59. The van der Waals surface area contributed by atoms with E-state index in [1.54, 1.807) is 4.90 Å². The highest BCUT2D eigenvalue weighted by Gasteiger charge is 2.20. The third-order valence-electron chi connectivity index (χ3n) is 12.4. The Balaban J connectivity index is 1.01. The summed E-state index contributed by atoms with van der Waals surface area (Å²) >= 11 is 0. The van der Waals surface area contributed by atoms with Gasteiger partial charge < -0.3 is 13.9 Å². The minimum Gasteiger partial charge on any atom is -0.455 e. The van der Waals surface area contributed by atoms with Crippen molar-refractivity contribution in [3.63, 3.8) is 0 Å². The second kappa shape index (κ2) is 16.0. The summed E-state index contributed by atoms with van der Waals surface area (Å²) in [5.41, 5.74) is 6.31. The smallest absolute Gasteiger partial charge is 0.143 e. The molecule has 11 aromatic carbocycles. The van der Waals surface area contributed by atoms with Crippen LogP contribution in [0.4, 0.5) is 17.1 Å². The zero-order valence-corrected chi connectivity index (χ0v) is 35.5. The van der Waals surface area contributed by atoms with Gasteiger partial charge in [0, 0.05) is 49.4 Å². The first kappa shape index (κ1) is 27.4. The van der Waals surface area contributed by atoms with Crippen LogP contribution >= 0.6 is 0 Å². The van der Waals surface area contributed by atoms with E-state index in [-0.39, 0.29) is 5.69 Å². The Morgan fingerprint density at radius 1 is 0.373 bits per heavy atom. The number of hydrogen-bond acceptors (Lipinski definition) is 2. The normalized spacial score (nSPS) is 14.3. The summed E-state index contributed by atoms with van der Waals surface area (Å²) in [5.74, 6) is 0. The maximum atomic E-state index is 9.86. The molecule has 0 fully saturated rings. The molecule has 2 heterocycles. The molecule has 13 rings (SSSR count). The molecular weight excluding hydrogens is 813 g/mol. The number of para-hydroxylation sites is 4. The molecule has 0 unspecified atom stereocenters. The molecule has 0 saturated heterocycles. The lowest BCUT2D eigenvalue weighted by atomic mass is 9.98. The molecule has 0 aliphatic heterocycles. The number of anilines is 3. The lowest BCUT2D eigenvalue weighted by Crippen LogP contribution is -2.11. The Bertz CT molecular complexity index is 4640. The van der Waals surface area contributed by atoms with Gasteiger partial charge in [-0.15, -0.1) is 0 Å². The molecule has 0 amide bonds. The standard InChI is InChI=1S/C64H42N2O/c1-2-14-43(15-3-1)44-26-28-45(29-27-44)46-30-36-50(37-31-46)65(59-22-10-7-18-53(59)49-35-41-63-58(42-49)57-40-34-47-16-4-5-19-54(47)64(57)67-63)51-38-32-48(33-39-51)52-17-6-11-23-60(52)66-61-24-12-8-20-55(61)56-21-9-13-25-62(56)66/h1-42H/i1D,2D,3D,14D,15D,26D,27D,28D,29D,30D,31D,36D,37D. The molecule has 314 valence electrons. The van der Waals surface area contributed by atoms with Gasteiger partial charge in [-0.3, -0.25) is 0 Å². The van der Waals surface area contributed by atoms with E-state index in [1.807, 2.05) is 133 Å². The van der Waals surface area contributed by atoms with Crippen molar-refractivity contribution in [3.8, 4) is 50.2 Å². The molecule has 0 aliphatic rings. The lowest BCUT2D eigenvalue weighted by Gasteiger charge is -2.28. The number of rotatable bonds is 8. The van der Waals surface area contributed by atoms with Gasteiger partial charge in [-0.2, -0.15) is 0 Å². The lowest BCUT2D eigenvalue weighted by molar-refractivity contribution is 0.672. The van der Waals surface area contributed by atoms with Crippen molar-refractivity contribution in [1.29, 1.82) is 0 Å². The number of furan rings is 1. The molecular formula is C64H42N2O. The van der Waals surface area contributed by atoms with Gasteiger partial charge in [0.25, 0.3) is 0 Å². The summed E-state index contributed by atoms with van der Waals surface area (Å²) in [6, 6.07) is 48.7. The van der Waals surface area contributed by atoms with E-state index in [2.05, 4.69) is 47.0 Å². The van der Waals surface area contributed by atoms with Crippen molar-refractivity contribution in [1.82, 2.24) is 4.57 Å². The van der Waals surface area contributed by atoms with Crippen LogP contribution in [0.1, 0.15) is 17.8 Å². The van der Waals surface area contributed by atoms with Crippen LogP contribution in [0.3, 0.4) is 0 Å². The predicted molar refractivity (Wildman–Crippen MR) is 282 cm³/mol. The summed E-state index contributed by atoms with van der Waals surface area (Å²) in [6.07, 6.45) is 0. The van der Waals surface area contributed by atoms with E-state index in [0.29, 0.717) is 22.5 Å². The van der Waals surface area contributed by atoms with Gasteiger partial charge in [0.15, 0.2) is 0 Å². The highest BCUT2D eigenvalue weighted by atomic mass is 16.3. The van der Waals surface area contributed by atoms with Crippen molar-refractivity contribution in [3.05, 3.63) is 254 Å². The monoisotopic (exact) mass is 867 g/mol. The molecule has 0 bridgehead atoms. The van der Waals surface area contributed by atoms with Gasteiger partial charge in [-0.05, 0) is 105 Å². The molecule has 0 atom stereocenters. The Morgan fingerprint density at radius 3 is 1.66 bits per heavy atom. The Morgan fingerprint density at radius 2 is 0.940 bits per heavy atom. The highest BCUT2D eigenvalue weighted by Crippen LogP contribution is 2.44. The average molecular weight is 868 g/mol. The van der Waals surface area contributed by atoms with Gasteiger partial charge in [-0.1, -0.05) is 188 Å². The molecule has 0 saturated carbocycles. The quantitative estimate of drug-likeness (QED) is 0.152. The molecule has 3 nitrogen and oxygen atoms in total. The van der Waals surface area contributed by atoms with Crippen molar-refractivity contribution in [2.24, 2.45) is 0 Å². The van der Waals surface area contributed by atoms with Crippen molar-refractivity contribution in [2.45, 2.75) is 0 Å². The minimum absolute atomic E-state index is 0.165. The summed E-state index contributed by atoms with van der Waals surface area (Å²) < 4.78 is 126. The van der Waals surface area contributed by atoms with E-state index in [9.17, 15) is 8.22 Å². The largest absolute Gasteiger partial charge is 0.455 e.